The van der Waals surface area contributed by atoms with Gasteiger partial charge in [-0.05, 0) is 36.4 Å². The molecule has 2 N–H and O–H groups in total. The monoisotopic (exact) mass is 325 g/mol. The van der Waals surface area contributed by atoms with Gasteiger partial charge in [0.2, 0.25) is 0 Å². The van der Waals surface area contributed by atoms with Crippen LogP contribution in [-0.2, 0) is 11.3 Å². The Balaban J connectivity index is 1.96. The first-order valence-corrected chi connectivity index (χ1v) is 7.46. The minimum absolute atomic E-state index is 0.140. The van der Waals surface area contributed by atoms with Crippen molar-refractivity contribution in [2.75, 3.05) is 6.54 Å². The number of carbonyl (C=O) groups is 1. The zero-order valence-corrected chi connectivity index (χ0v) is 12.8. The fraction of sp³-hybridized carbons (Fsp3) is 0.111. The van der Waals surface area contributed by atoms with E-state index in [-0.39, 0.29) is 12.4 Å². The number of para-hydroxylation sites is 1. The first-order valence-electron chi connectivity index (χ1n) is 7.46. The normalized spacial score (nSPS) is 10.7. The number of nitrogens with one attached hydrogen (secondary N) is 1. The van der Waals surface area contributed by atoms with Crippen LogP contribution in [0.1, 0.15) is 5.56 Å². The minimum atomic E-state index is -0.922. The molecule has 0 spiro atoms. The Morgan fingerprint density at radius 3 is 2.50 bits per heavy atom. The Morgan fingerprint density at radius 2 is 1.83 bits per heavy atom. The molecular weight excluding hydrogens is 309 g/mol. The molecule has 2 aromatic carbocycles. The number of halogens is 1. The molecule has 3 aromatic rings. The highest BCUT2D eigenvalue weighted by Crippen LogP contribution is 2.24. The van der Waals surface area contributed by atoms with E-state index in [1.807, 2.05) is 36.5 Å². The lowest BCUT2D eigenvalue weighted by molar-refractivity contribution is -0.135. The van der Waals surface area contributed by atoms with Crippen LogP contribution in [0.2, 0.25) is 0 Å². The number of nitrogens with zero attached hydrogens (tertiary/aromatic N) is 2. The molecule has 24 heavy (non-hydrogen) atoms. The van der Waals surface area contributed by atoms with Gasteiger partial charge in [-0.15, -0.1) is 0 Å². The second-order valence-corrected chi connectivity index (χ2v) is 5.29. The summed E-state index contributed by atoms with van der Waals surface area (Å²) in [5, 5.41) is 16.2. The molecule has 0 bridgehead atoms. The highest BCUT2D eigenvalue weighted by molar-refractivity contribution is 5.69. The van der Waals surface area contributed by atoms with E-state index >= 15 is 0 Å². The van der Waals surface area contributed by atoms with Crippen LogP contribution in [0.15, 0.2) is 60.8 Å². The number of rotatable bonds is 6. The standard InChI is InChI=1S/C18H16FN3O2/c19-15-8-6-13(7-9-15)18-14(10-20-11-17(23)24)12-22(21-18)16-4-2-1-3-5-16/h1-9,12,20H,10-11H2,(H,23,24). The second-order valence-electron chi connectivity index (χ2n) is 5.29. The van der Waals surface area contributed by atoms with Crippen molar-refractivity contribution < 1.29 is 14.3 Å². The van der Waals surface area contributed by atoms with Gasteiger partial charge in [0, 0.05) is 23.9 Å². The predicted molar refractivity (Wildman–Crippen MR) is 88.3 cm³/mol. The van der Waals surface area contributed by atoms with Crippen LogP contribution >= 0.6 is 0 Å². The van der Waals surface area contributed by atoms with Crippen LogP contribution in [0, 0.1) is 5.82 Å². The Labute approximate surface area is 138 Å². The maximum Gasteiger partial charge on any atom is 0.317 e. The number of hydrogen-bond acceptors (Lipinski definition) is 3. The molecule has 0 aliphatic heterocycles. The summed E-state index contributed by atoms with van der Waals surface area (Å²) in [5.41, 5.74) is 3.20. The van der Waals surface area contributed by atoms with Gasteiger partial charge in [0.1, 0.15) is 5.82 Å². The van der Waals surface area contributed by atoms with Crippen LogP contribution in [0.3, 0.4) is 0 Å². The molecule has 5 nitrogen and oxygen atoms in total. The molecule has 1 aromatic heterocycles. The zero-order chi connectivity index (χ0) is 16.9. The third-order valence-electron chi connectivity index (χ3n) is 3.52. The number of carboxylic acids is 1. The molecule has 0 unspecified atom stereocenters. The minimum Gasteiger partial charge on any atom is -0.480 e. The van der Waals surface area contributed by atoms with Crippen molar-refractivity contribution >= 4 is 5.97 Å². The Bertz CT molecular complexity index is 829. The topological polar surface area (TPSA) is 67.2 Å². The lowest BCUT2D eigenvalue weighted by atomic mass is 10.1. The van der Waals surface area contributed by atoms with E-state index in [2.05, 4.69) is 10.4 Å². The van der Waals surface area contributed by atoms with E-state index in [9.17, 15) is 9.18 Å². The van der Waals surface area contributed by atoms with E-state index in [1.165, 1.54) is 12.1 Å². The lowest BCUT2D eigenvalue weighted by Gasteiger charge is -2.03. The SMILES string of the molecule is O=C(O)CNCc1cn(-c2ccccc2)nc1-c1ccc(F)cc1. The number of aromatic nitrogens is 2. The predicted octanol–water partition coefficient (Wildman–Crippen LogP) is 2.85. The second kappa shape index (κ2) is 7.06. The van der Waals surface area contributed by atoms with Gasteiger partial charge in [0.25, 0.3) is 0 Å². The molecule has 0 amide bonds. The summed E-state index contributed by atoms with van der Waals surface area (Å²) in [6, 6.07) is 15.7. The van der Waals surface area contributed by atoms with Crippen LogP contribution in [0.4, 0.5) is 4.39 Å². The largest absolute Gasteiger partial charge is 0.480 e. The fourth-order valence-electron chi connectivity index (χ4n) is 2.41. The van der Waals surface area contributed by atoms with Crippen molar-refractivity contribution in [3.63, 3.8) is 0 Å². The van der Waals surface area contributed by atoms with E-state index < -0.39 is 5.97 Å². The Kier molecular flexibility index (Phi) is 4.67. The fourth-order valence-corrected chi connectivity index (χ4v) is 2.41. The van der Waals surface area contributed by atoms with Gasteiger partial charge in [0.15, 0.2) is 0 Å². The maximum absolute atomic E-state index is 13.2. The van der Waals surface area contributed by atoms with Gasteiger partial charge in [-0.25, -0.2) is 9.07 Å². The van der Waals surface area contributed by atoms with Crippen molar-refractivity contribution in [3.8, 4) is 16.9 Å². The first kappa shape index (κ1) is 15.9. The quantitative estimate of drug-likeness (QED) is 0.731. The number of benzene rings is 2. The summed E-state index contributed by atoms with van der Waals surface area (Å²) >= 11 is 0. The van der Waals surface area contributed by atoms with Gasteiger partial charge in [0.05, 0.1) is 17.9 Å². The maximum atomic E-state index is 13.2. The average Bonchev–Trinajstić information content (AvgIpc) is 3.00. The van der Waals surface area contributed by atoms with E-state index in [0.717, 1.165) is 16.8 Å². The molecule has 122 valence electrons. The Hall–Kier alpha value is -2.99. The summed E-state index contributed by atoms with van der Waals surface area (Å²) in [6.07, 6.45) is 1.85. The smallest absolute Gasteiger partial charge is 0.317 e. The third kappa shape index (κ3) is 3.67. The van der Waals surface area contributed by atoms with Gasteiger partial charge in [-0.1, -0.05) is 18.2 Å². The molecule has 3 rings (SSSR count). The van der Waals surface area contributed by atoms with Crippen molar-refractivity contribution in [1.29, 1.82) is 0 Å². The van der Waals surface area contributed by atoms with E-state index in [1.54, 1.807) is 16.8 Å². The lowest BCUT2D eigenvalue weighted by Crippen LogP contribution is -2.21. The molecule has 0 saturated carbocycles. The number of carboxylic acid groups (broad SMARTS) is 1. The van der Waals surface area contributed by atoms with Crippen molar-refractivity contribution in [2.24, 2.45) is 0 Å². The number of aliphatic carboxylic acids is 1. The summed E-state index contributed by atoms with van der Waals surface area (Å²) in [6.45, 7) is 0.214. The molecule has 0 radical (unpaired) electrons. The molecule has 0 aliphatic rings. The molecule has 0 atom stereocenters. The average molecular weight is 325 g/mol. The molecule has 0 fully saturated rings. The number of hydrogen-bond donors (Lipinski definition) is 2. The van der Waals surface area contributed by atoms with Gasteiger partial charge >= 0.3 is 5.97 Å². The van der Waals surface area contributed by atoms with Crippen molar-refractivity contribution in [1.82, 2.24) is 15.1 Å². The van der Waals surface area contributed by atoms with Crippen LogP contribution in [-0.4, -0.2) is 27.4 Å². The van der Waals surface area contributed by atoms with E-state index in [4.69, 9.17) is 5.11 Å². The summed E-state index contributed by atoms with van der Waals surface area (Å²) in [5.74, 6) is -1.24. The highest BCUT2D eigenvalue weighted by Gasteiger charge is 2.12. The summed E-state index contributed by atoms with van der Waals surface area (Å²) in [7, 11) is 0. The molecule has 0 aliphatic carbocycles. The molecule has 1 heterocycles. The van der Waals surface area contributed by atoms with Gasteiger partial charge in [-0.2, -0.15) is 5.10 Å². The molecular formula is C18H16FN3O2. The Morgan fingerprint density at radius 1 is 1.12 bits per heavy atom. The van der Waals surface area contributed by atoms with Gasteiger partial charge in [-0.3, -0.25) is 4.79 Å². The van der Waals surface area contributed by atoms with E-state index in [0.29, 0.717) is 12.2 Å². The third-order valence-corrected chi connectivity index (χ3v) is 3.52. The highest BCUT2D eigenvalue weighted by atomic mass is 19.1. The van der Waals surface area contributed by atoms with Crippen LogP contribution in [0.25, 0.3) is 16.9 Å². The van der Waals surface area contributed by atoms with Crippen molar-refractivity contribution in [3.05, 3.63) is 72.2 Å². The zero-order valence-electron chi connectivity index (χ0n) is 12.8. The van der Waals surface area contributed by atoms with Crippen molar-refractivity contribution in [2.45, 2.75) is 6.54 Å². The summed E-state index contributed by atoms with van der Waals surface area (Å²) in [4.78, 5) is 10.7. The van der Waals surface area contributed by atoms with Crippen LogP contribution < -0.4 is 5.32 Å². The molecule has 6 heteroatoms. The summed E-state index contributed by atoms with van der Waals surface area (Å²) < 4.78 is 14.9. The molecule has 0 saturated heterocycles. The van der Waals surface area contributed by atoms with Gasteiger partial charge < -0.3 is 10.4 Å². The van der Waals surface area contributed by atoms with Crippen LogP contribution in [0.5, 0.6) is 0 Å². The first-order chi connectivity index (χ1) is 11.6.